The molecule has 23 heavy (non-hydrogen) atoms. The number of carbonyl (C=O) groups is 2. The highest BCUT2D eigenvalue weighted by molar-refractivity contribution is 6.38. The summed E-state index contributed by atoms with van der Waals surface area (Å²) in [4.78, 5) is 31.0. The summed E-state index contributed by atoms with van der Waals surface area (Å²) in [5.74, 6) is -0.777. The molecule has 6 nitrogen and oxygen atoms in total. The van der Waals surface area contributed by atoms with Crippen molar-refractivity contribution in [3.63, 3.8) is 0 Å². The van der Waals surface area contributed by atoms with E-state index in [1.54, 1.807) is 42.9 Å². The number of amides is 2. The molecule has 1 aliphatic rings. The lowest BCUT2D eigenvalue weighted by atomic mass is 10.1. The molecule has 4 rings (SSSR count). The topological polar surface area (TPSA) is 68.1 Å². The standard InChI is InChI=1S/C16H11ClN4O2/c1-8-12-13-11(7-18-14(12)20(2)19-8)15(22)21(16(13)23)10-5-3-4-9(17)6-10/h3-7H,1-2H3. The van der Waals surface area contributed by atoms with Crippen LogP contribution in [0.2, 0.25) is 5.02 Å². The SMILES string of the molecule is Cc1nn(C)c2ncc3c(c12)C(=O)N(c1cccc(Cl)c1)C3=O. The largest absolute Gasteiger partial charge is 0.268 e. The first kappa shape index (κ1) is 13.9. The summed E-state index contributed by atoms with van der Waals surface area (Å²) in [6, 6.07) is 6.65. The Morgan fingerprint density at radius 1 is 1.17 bits per heavy atom. The Morgan fingerprint density at radius 2 is 1.96 bits per heavy atom. The number of imide groups is 1. The highest BCUT2D eigenvalue weighted by atomic mass is 35.5. The third-order valence-electron chi connectivity index (χ3n) is 3.94. The van der Waals surface area contributed by atoms with Crippen LogP contribution in [0.4, 0.5) is 5.69 Å². The molecule has 7 heteroatoms. The van der Waals surface area contributed by atoms with Crippen molar-refractivity contribution in [3.05, 3.63) is 52.3 Å². The van der Waals surface area contributed by atoms with E-state index < -0.39 is 5.91 Å². The third-order valence-corrected chi connectivity index (χ3v) is 4.18. The van der Waals surface area contributed by atoms with Crippen molar-refractivity contribution < 1.29 is 9.59 Å². The van der Waals surface area contributed by atoms with Crippen molar-refractivity contribution in [2.45, 2.75) is 6.92 Å². The molecule has 3 aromatic rings. The number of pyridine rings is 1. The number of benzene rings is 1. The fourth-order valence-electron chi connectivity index (χ4n) is 2.97. The molecular formula is C16H11ClN4O2. The van der Waals surface area contributed by atoms with E-state index >= 15 is 0 Å². The summed E-state index contributed by atoms with van der Waals surface area (Å²) in [7, 11) is 1.75. The lowest BCUT2D eigenvalue weighted by Crippen LogP contribution is -2.29. The van der Waals surface area contributed by atoms with E-state index in [1.807, 2.05) is 0 Å². The lowest BCUT2D eigenvalue weighted by Gasteiger charge is -2.13. The Labute approximate surface area is 136 Å². The molecule has 0 bridgehead atoms. The number of hydrogen-bond acceptors (Lipinski definition) is 4. The number of hydrogen-bond donors (Lipinski definition) is 0. The number of aromatic nitrogens is 3. The Balaban J connectivity index is 1.98. The molecule has 0 atom stereocenters. The van der Waals surface area contributed by atoms with Crippen LogP contribution in [0, 0.1) is 6.92 Å². The molecule has 2 amide bonds. The quantitative estimate of drug-likeness (QED) is 0.645. The van der Waals surface area contributed by atoms with Crippen molar-refractivity contribution in [2.75, 3.05) is 4.90 Å². The van der Waals surface area contributed by atoms with Gasteiger partial charge in [-0.25, -0.2) is 9.88 Å². The lowest BCUT2D eigenvalue weighted by molar-refractivity contribution is 0.0926. The predicted octanol–water partition coefficient (Wildman–Crippen LogP) is 2.73. The number of halogens is 1. The van der Waals surface area contributed by atoms with Gasteiger partial charge in [-0.05, 0) is 25.1 Å². The maximum absolute atomic E-state index is 12.9. The second-order valence-electron chi connectivity index (χ2n) is 5.38. The minimum Gasteiger partial charge on any atom is -0.268 e. The maximum Gasteiger partial charge on any atom is 0.267 e. The Kier molecular flexibility index (Phi) is 2.80. The molecule has 0 fully saturated rings. The van der Waals surface area contributed by atoms with Gasteiger partial charge in [-0.1, -0.05) is 17.7 Å². The Hall–Kier alpha value is -2.73. The number of fused-ring (bicyclic) bond motifs is 3. The zero-order valence-electron chi connectivity index (χ0n) is 12.4. The fraction of sp³-hybridized carbons (Fsp3) is 0.125. The van der Waals surface area contributed by atoms with Gasteiger partial charge in [0.1, 0.15) is 0 Å². The molecule has 0 N–H and O–H groups in total. The third kappa shape index (κ3) is 1.82. The first-order chi connectivity index (χ1) is 11.0. The second kappa shape index (κ2) is 4.63. The molecule has 0 radical (unpaired) electrons. The molecule has 2 aromatic heterocycles. The van der Waals surface area contributed by atoms with Gasteiger partial charge < -0.3 is 0 Å². The van der Waals surface area contributed by atoms with Crippen LogP contribution in [0.3, 0.4) is 0 Å². The van der Waals surface area contributed by atoms with Gasteiger partial charge in [-0.3, -0.25) is 14.3 Å². The van der Waals surface area contributed by atoms with E-state index in [-0.39, 0.29) is 5.91 Å². The minimum absolute atomic E-state index is 0.290. The van der Waals surface area contributed by atoms with Gasteiger partial charge in [0.05, 0.1) is 27.9 Å². The number of aryl methyl sites for hydroxylation is 2. The van der Waals surface area contributed by atoms with Gasteiger partial charge in [-0.2, -0.15) is 5.10 Å². The monoisotopic (exact) mass is 326 g/mol. The molecule has 0 spiro atoms. The summed E-state index contributed by atoms with van der Waals surface area (Å²) in [5.41, 5.74) is 2.33. The Bertz CT molecular complexity index is 1010. The van der Waals surface area contributed by atoms with Crippen LogP contribution in [-0.4, -0.2) is 26.6 Å². The second-order valence-corrected chi connectivity index (χ2v) is 5.82. The van der Waals surface area contributed by atoms with E-state index in [0.717, 1.165) is 4.90 Å². The van der Waals surface area contributed by atoms with Crippen molar-refractivity contribution in [3.8, 4) is 0 Å². The van der Waals surface area contributed by atoms with Crippen molar-refractivity contribution in [1.82, 2.24) is 14.8 Å². The molecule has 114 valence electrons. The molecule has 0 unspecified atom stereocenters. The van der Waals surface area contributed by atoms with Crippen LogP contribution in [0.1, 0.15) is 26.4 Å². The molecule has 1 aromatic carbocycles. The number of nitrogens with zero attached hydrogens (tertiary/aromatic N) is 4. The van der Waals surface area contributed by atoms with E-state index in [2.05, 4.69) is 10.1 Å². The molecule has 1 aliphatic heterocycles. The molecule has 0 saturated carbocycles. The number of rotatable bonds is 1. The van der Waals surface area contributed by atoms with Gasteiger partial charge >= 0.3 is 0 Å². The van der Waals surface area contributed by atoms with Crippen molar-refractivity contribution in [2.24, 2.45) is 7.05 Å². The average molecular weight is 327 g/mol. The summed E-state index contributed by atoms with van der Waals surface area (Å²) in [6.07, 6.45) is 1.43. The van der Waals surface area contributed by atoms with Crippen LogP contribution < -0.4 is 4.90 Å². The van der Waals surface area contributed by atoms with Crippen LogP contribution in [0.25, 0.3) is 11.0 Å². The van der Waals surface area contributed by atoms with Gasteiger partial charge in [0.15, 0.2) is 5.65 Å². The first-order valence-electron chi connectivity index (χ1n) is 6.95. The fourth-order valence-corrected chi connectivity index (χ4v) is 3.15. The molecular weight excluding hydrogens is 316 g/mol. The zero-order valence-corrected chi connectivity index (χ0v) is 13.1. The van der Waals surface area contributed by atoms with Gasteiger partial charge in [-0.15, -0.1) is 0 Å². The highest BCUT2D eigenvalue weighted by Gasteiger charge is 2.39. The molecule has 0 aliphatic carbocycles. The van der Waals surface area contributed by atoms with Crippen LogP contribution in [-0.2, 0) is 7.05 Å². The first-order valence-corrected chi connectivity index (χ1v) is 7.33. The number of anilines is 1. The summed E-state index contributed by atoms with van der Waals surface area (Å²) >= 11 is 5.98. The summed E-state index contributed by atoms with van der Waals surface area (Å²) < 4.78 is 1.60. The summed E-state index contributed by atoms with van der Waals surface area (Å²) in [5, 5.41) is 5.37. The highest BCUT2D eigenvalue weighted by Crippen LogP contribution is 2.34. The van der Waals surface area contributed by atoms with E-state index in [1.165, 1.54) is 6.20 Å². The molecule has 3 heterocycles. The normalized spacial score (nSPS) is 14.0. The average Bonchev–Trinajstić information content (AvgIpc) is 2.94. The Morgan fingerprint density at radius 3 is 2.70 bits per heavy atom. The van der Waals surface area contributed by atoms with Crippen molar-refractivity contribution >= 4 is 40.1 Å². The summed E-state index contributed by atoms with van der Waals surface area (Å²) in [6.45, 7) is 1.80. The van der Waals surface area contributed by atoms with Crippen molar-refractivity contribution in [1.29, 1.82) is 0 Å². The smallest absolute Gasteiger partial charge is 0.267 e. The molecule has 0 saturated heterocycles. The van der Waals surface area contributed by atoms with Gasteiger partial charge in [0.2, 0.25) is 0 Å². The van der Waals surface area contributed by atoms with E-state index in [0.29, 0.717) is 38.6 Å². The minimum atomic E-state index is -0.398. The number of carbonyl (C=O) groups excluding carboxylic acids is 2. The maximum atomic E-state index is 12.9. The van der Waals surface area contributed by atoms with E-state index in [4.69, 9.17) is 11.6 Å². The zero-order chi connectivity index (χ0) is 16.3. The van der Waals surface area contributed by atoms with Crippen LogP contribution in [0.15, 0.2) is 30.5 Å². The van der Waals surface area contributed by atoms with E-state index in [9.17, 15) is 9.59 Å². The predicted molar refractivity (Wildman–Crippen MR) is 85.8 cm³/mol. The van der Waals surface area contributed by atoms with Crippen LogP contribution in [0.5, 0.6) is 0 Å². The van der Waals surface area contributed by atoms with Gasteiger partial charge in [0.25, 0.3) is 11.8 Å². The van der Waals surface area contributed by atoms with Gasteiger partial charge in [0, 0.05) is 18.3 Å². The van der Waals surface area contributed by atoms with Crippen LogP contribution >= 0.6 is 11.6 Å².